The molecule has 0 unspecified atom stereocenters. The largest absolute Gasteiger partial charge is 0.371 e. The zero-order valence-electron chi connectivity index (χ0n) is 12.7. The first-order valence-corrected chi connectivity index (χ1v) is 7.86. The van der Waals surface area contributed by atoms with Crippen molar-refractivity contribution in [2.75, 3.05) is 18.0 Å². The standard InChI is InChI=1S/C18H21N3O/c22-18(20-14-15-7-3-1-4-8-15)17-13-16(9-10-19-17)21-11-5-2-6-12-21/h1,3-4,7-10,13H,2,5-6,11-12,14H2,(H,20,22). The molecule has 4 nitrogen and oxygen atoms in total. The number of hydrogen-bond acceptors (Lipinski definition) is 3. The van der Waals surface area contributed by atoms with Crippen LogP contribution in [-0.4, -0.2) is 24.0 Å². The van der Waals surface area contributed by atoms with Crippen LogP contribution in [-0.2, 0) is 6.54 Å². The van der Waals surface area contributed by atoms with Gasteiger partial charge < -0.3 is 10.2 Å². The quantitative estimate of drug-likeness (QED) is 0.943. The maximum Gasteiger partial charge on any atom is 0.270 e. The van der Waals surface area contributed by atoms with Gasteiger partial charge in [0.15, 0.2) is 0 Å². The van der Waals surface area contributed by atoms with E-state index in [9.17, 15) is 4.79 Å². The highest BCUT2D eigenvalue weighted by atomic mass is 16.1. The molecule has 4 heteroatoms. The van der Waals surface area contributed by atoms with E-state index in [4.69, 9.17) is 0 Å². The first-order chi connectivity index (χ1) is 10.8. The Labute approximate surface area is 131 Å². The molecule has 0 bridgehead atoms. The van der Waals surface area contributed by atoms with E-state index in [0.717, 1.165) is 24.3 Å². The van der Waals surface area contributed by atoms with Crippen molar-refractivity contribution in [3.63, 3.8) is 0 Å². The van der Waals surface area contributed by atoms with Crippen LogP contribution in [0.5, 0.6) is 0 Å². The lowest BCUT2D eigenvalue weighted by Crippen LogP contribution is -2.30. The summed E-state index contributed by atoms with van der Waals surface area (Å²) in [6.45, 7) is 2.65. The predicted molar refractivity (Wildman–Crippen MR) is 87.9 cm³/mol. The Morgan fingerprint density at radius 1 is 1.09 bits per heavy atom. The Bertz CT molecular complexity index is 621. The monoisotopic (exact) mass is 295 g/mol. The summed E-state index contributed by atoms with van der Waals surface area (Å²) < 4.78 is 0. The summed E-state index contributed by atoms with van der Waals surface area (Å²) >= 11 is 0. The number of benzene rings is 1. The molecule has 1 fully saturated rings. The number of carbonyl (C=O) groups is 1. The van der Waals surface area contributed by atoms with Gasteiger partial charge in [-0.25, -0.2) is 0 Å². The van der Waals surface area contributed by atoms with Crippen LogP contribution in [0.2, 0.25) is 0 Å². The summed E-state index contributed by atoms with van der Waals surface area (Å²) in [6.07, 6.45) is 5.46. The maximum atomic E-state index is 12.3. The molecule has 3 rings (SSSR count). The van der Waals surface area contributed by atoms with Crippen molar-refractivity contribution < 1.29 is 4.79 Å². The Balaban J connectivity index is 1.64. The van der Waals surface area contributed by atoms with Crippen LogP contribution in [0.1, 0.15) is 35.3 Å². The molecule has 2 aromatic rings. The molecule has 1 N–H and O–H groups in total. The molecule has 1 aliphatic rings. The Morgan fingerprint density at radius 2 is 1.86 bits per heavy atom. The van der Waals surface area contributed by atoms with Crippen molar-refractivity contribution in [1.82, 2.24) is 10.3 Å². The zero-order valence-corrected chi connectivity index (χ0v) is 12.7. The normalized spacial score (nSPS) is 14.6. The first kappa shape index (κ1) is 14.6. The van der Waals surface area contributed by atoms with E-state index in [2.05, 4.69) is 15.2 Å². The molecule has 114 valence electrons. The Kier molecular flexibility index (Phi) is 4.68. The first-order valence-electron chi connectivity index (χ1n) is 7.86. The van der Waals surface area contributed by atoms with Crippen molar-refractivity contribution in [3.8, 4) is 0 Å². The van der Waals surface area contributed by atoms with Gasteiger partial charge in [0.25, 0.3) is 5.91 Å². The summed E-state index contributed by atoms with van der Waals surface area (Å²) in [6, 6.07) is 13.8. The summed E-state index contributed by atoms with van der Waals surface area (Å²) in [4.78, 5) is 18.8. The summed E-state index contributed by atoms with van der Waals surface area (Å²) in [5, 5.41) is 2.93. The van der Waals surface area contributed by atoms with E-state index in [0.29, 0.717) is 12.2 Å². The van der Waals surface area contributed by atoms with E-state index in [1.807, 2.05) is 42.5 Å². The fourth-order valence-corrected chi connectivity index (χ4v) is 2.76. The van der Waals surface area contributed by atoms with Crippen LogP contribution < -0.4 is 10.2 Å². The third-order valence-electron chi connectivity index (χ3n) is 3.99. The molecule has 0 aliphatic carbocycles. The highest BCUT2D eigenvalue weighted by Gasteiger charge is 2.13. The van der Waals surface area contributed by atoms with Gasteiger partial charge in [-0.05, 0) is 37.0 Å². The number of rotatable bonds is 4. The van der Waals surface area contributed by atoms with Crippen molar-refractivity contribution in [1.29, 1.82) is 0 Å². The number of amides is 1. The zero-order chi connectivity index (χ0) is 15.2. The minimum absolute atomic E-state index is 0.122. The third kappa shape index (κ3) is 3.64. The van der Waals surface area contributed by atoms with Gasteiger partial charge in [-0.2, -0.15) is 0 Å². The van der Waals surface area contributed by atoms with Crippen molar-refractivity contribution >= 4 is 11.6 Å². The molecule has 1 saturated heterocycles. The van der Waals surface area contributed by atoms with Gasteiger partial charge in [0.1, 0.15) is 5.69 Å². The van der Waals surface area contributed by atoms with Crippen molar-refractivity contribution in [2.45, 2.75) is 25.8 Å². The molecule has 0 spiro atoms. The number of nitrogens with zero attached hydrogens (tertiary/aromatic N) is 2. The van der Waals surface area contributed by atoms with Crippen LogP contribution >= 0.6 is 0 Å². The lowest BCUT2D eigenvalue weighted by Gasteiger charge is -2.28. The Hall–Kier alpha value is -2.36. The fourth-order valence-electron chi connectivity index (χ4n) is 2.76. The van der Waals surface area contributed by atoms with Gasteiger partial charge >= 0.3 is 0 Å². The van der Waals surface area contributed by atoms with Crippen LogP contribution in [0.25, 0.3) is 0 Å². The molecule has 1 aliphatic heterocycles. The number of carbonyl (C=O) groups excluding carboxylic acids is 1. The highest BCUT2D eigenvalue weighted by molar-refractivity contribution is 5.93. The molecule has 2 heterocycles. The number of piperidine rings is 1. The minimum Gasteiger partial charge on any atom is -0.371 e. The van der Waals surface area contributed by atoms with Gasteiger partial charge in [-0.3, -0.25) is 9.78 Å². The van der Waals surface area contributed by atoms with Crippen molar-refractivity contribution in [3.05, 3.63) is 59.9 Å². The fraction of sp³-hybridized carbons (Fsp3) is 0.333. The second kappa shape index (κ2) is 7.07. The lowest BCUT2D eigenvalue weighted by atomic mass is 10.1. The van der Waals surface area contributed by atoms with E-state index in [1.54, 1.807) is 6.20 Å². The number of pyridine rings is 1. The molecule has 1 amide bonds. The second-order valence-electron chi connectivity index (χ2n) is 5.62. The van der Waals surface area contributed by atoms with Gasteiger partial charge in [-0.1, -0.05) is 30.3 Å². The van der Waals surface area contributed by atoms with Gasteiger partial charge in [0.2, 0.25) is 0 Å². The number of hydrogen-bond donors (Lipinski definition) is 1. The molecule has 1 aromatic carbocycles. The van der Waals surface area contributed by atoms with E-state index >= 15 is 0 Å². The van der Waals surface area contributed by atoms with Crippen LogP contribution in [0.3, 0.4) is 0 Å². The molecule has 0 radical (unpaired) electrons. The van der Waals surface area contributed by atoms with Crippen LogP contribution in [0.15, 0.2) is 48.7 Å². The average molecular weight is 295 g/mol. The van der Waals surface area contributed by atoms with E-state index in [-0.39, 0.29) is 5.91 Å². The van der Waals surface area contributed by atoms with Crippen LogP contribution in [0, 0.1) is 0 Å². The minimum atomic E-state index is -0.122. The summed E-state index contributed by atoms with van der Waals surface area (Å²) in [7, 11) is 0. The molecule has 0 saturated carbocycles. The predicted octanol–water partition coefficient (Wildman–Crippen LogP) is 3.00. The number of aromatic nitrogens is 1. The third-order valence-corrected chi connectivity index (χ3v) is 3.99. The average Bonchev–Trinajstić information content (AvgIpc) is 2.61. The maximum absolute atomic E-state index is 12.3. The lowest BCUT2D eigenvalue weighted by molar-refractivity contribution is 0.0946. The Morgan fingerprint density at radius 3 is 2.64 bits per heavy atom. The second-order valence-corrected chi connectivity index (χ2v) is 5.62. The van der Waals surface area contributed by atoms with E-state index < -0.39 is 0 Å². The smallest absolute Gasteiger partial charge is 0.270 e. The summed E-state index contributed by atoms with van der Waals surface area (Å²) in [5.41, 5.74) is 2.67. The molecule has 1 aromatic heterocycles. The summed E-state index contributed by atoms with van der Waals surface area (Å²) in [5.74, 6) is -0.122. The SMILES string of the molecule is O=C(NCc1ccccc1)c1cc(N2CCCCC2)ccn1. The molecular formula is C18H21N3O. The topological polar surface area (TPSA) is 45.2 Å². The highest BCUT2D eigenvalue weighted by Crippen LogP contribution is 2.19. The number of anilines is 1. The van der Waals surface area contributed by atoms with E-state index in [1.165, 1.54) is 19.3 Å². The van der Waals surface area contributed by atoms with Gasteiger partial charge in [-0.15, -0.1) is 0 Å². The number of nitrogens with one attached hydrogen (secondary N) is 1. The molecule has 0 atom stereocenters. The van der Waals surface area contributed by atoms with Crippen molar-refractivity contribution in [2.24, 2.45) is 0 Å². The molecular weight excluding hydrogens is 274 g/mol. The molecule has 22 heavy (non-hydrogen) atoms. The van der Waals surface area contributed by atoms with Crippen LogP contribution in [0.4, 0.5) is 5.69 Å². The van der Waals surface area contributed by atoms with Gasteiger partial charge in [0.05, 0.1) is 0 Å². The van der Waals surface area contributed by atoms with Gasteiger partial charge in [0, 0.05) is 31.5 Å².